The van der Waals surface area contributed by atoms with Gasteiger partial charge in [0.2, 0.25) is 0 Å². The maximum absolute atomic E-state index is 11.0. The first-order valence-electron chi connectivity index (χ1n) is 4.53. The van der Waals surface area contributed by atoms with E-state index >= 15 is 0 Å². The van der Waals surface area contributed by atoms with Crippen LogP contribution in [0.15, 0.2) is 24.3 Å². The molecule has 1 aromatic rings. The van der Waals surface area contributed by atoms with Gasteiger partial charge in [0.25, 0.3) is 0 Å². The van der Waals surface area contributed by atoms with Crippen LogP contribution in [0.4, 0.5) is 0 Å². The predicted molar refractivity (Wildman–Crippen MR) is 56.7 cm³/mol. The van der Waals surface area contributed by atoms with E-state index in [4.69, 9.17) is 4.19 Å². The van der Waals surface area contributed by atoms with Crippen LogP contribution in [0, 0.1) is 0 Å². The molecule has 1 aromatic carbocycles. The van der Waals surface area contributed by atoms with Gasteiger partial charge in [-0.05, 0) is 0 Å². The average Bonchev–Trinajstić information content (AvgIpc) is 2.15. The first-order chi connectivity index (χ1) is 6.61. The zero-order valence-electron chi connectivity index (χ0n) is 8.36. The van der Waals surface area contributed by atoms with Gasteiger partial charge in [-0.15, -0.1) is 0 Å². The van der Waals surface area contributed by atoms with Crippen LogP contribution in [0.2, 0.25) is 0 Å². The van der Waals surface area contributed by atoms with Gasteiger partial charge in [-0.25, -0.2) is 0 Å². The van der Waals surface area contributed by atoms with Gasteiger partial charge < -0.3 is 0 Å². The van der Waals surface area contributed by atoms with E-state index in [0.717, 1.165) is 5.56 Å². The van der Waals surface area contributed by atoms with Gasteiger partial charge in [-0.1, -0.05) is 0 Å². The minimum atomic E-state index is -2.79. The SMILES string of the molecule is CC(C)NCc1ccccc1[Se](=O)O. The van der Waals surface area contributed by atoms with Crippen molar-refractivity contribution in [1.82, 2.24) is 5.32 Å². The Kier molecular flexibility index (Phi) is 4.42. The molecule has 4 heteroatoms. The Bertz CT molecular complexity index is 326. The van der Waals surface area contributed by atoms with Crippen molar-refractivity contribution in [2.24, 2.45) is 0 Å². The second-order valence-electron chi connectivity index (χ2n) is 3.39. The molecular formula is C10H15NO2Se. The van der Waals surface area contributed by atoms with Crippen LogP contribution in [-0.4, -0.2) is 24.4 Å². The summed E-state index contributed by atoms with van der Waals surface area (Å²) >= 11 is -2.79. The zero-order chi connectivity index (χ0) is 10.6. The molecule has 0 bridgehead atoms. The molecule has 0 heterocycles. The second kappa shape index (κ2) is 5.37. The first kappa shape index (κ1) is 11.5. The van der Waals surface area contributed by atoms with E-state index in [9.17, 15) is 3.83 Å². The van der Waals surface area contributed by atoms with Gasteiger partial charge in [0, 0.05) is 0 Å². The Morgan fingerprint density at radius 1 is 1.43 bits per heavy atom. The number of hydrogen-bond donors (Lipinski definition) is 2. The van der Waals surface area contributed by atoms with Crippen molar-refractivity contribution in [2.45, 2.75) is 26.4 Å². The number of rotatable bonds is 4. The van der Waals surface area contributed by atoms with E-state index in [1.54, 1.807) is 12.1 Å². The molecule has 0 aromatic heterocycles. The van der Waals surface area contributed by atoms with E-state index in [-0.39, 0.29) is 0 Å². The Balaban J connectivity index is 2.79. The molecule has 0 aliphatic carbocycles. The quantitative estimate of drug-likeness (QED) is 0.766. The summed E-state index contributed by atoms with van der Waals surface area (Å²) < 4.78 is 20.7. The van der Waals surface area contributed by atoms with Crippen LogP contribution < -0.4 is 9.78 Å². The minimum absolute atomic E-state index is 0.381. The fourth-order valence-electron chi connectivity index (χ4n) is 1.13. The van der Waals surface area contributed by atoms with Gasteiger partial charge in [0.1, 0.15) is 0 Å². The number of hydrogen-bond acceptors (Lipinski definition) is 2. The Morgan fingerprint density at radius 3 is 2.64 bits per heavy atom. The fourth-order valence-corrected chi connectivity index (χ4v) is 2.31. The molecule has 0 aliphatic heterocycles. The molecule has 1 unspecified atom stereocenters. The Morgan fingerprint density at radius 2 is 2.07 bits per heavy atom. The third-order valence-corrected chi connectivity index (χ3v) is 3.49. The molecule has 1 rings (SSSR count). The van der Waals surface area contributed by atoms with Crippen molar-refractivity contribution >= 4 is 18.6 Å². The van der Waals surface area contributed by atoms with E-state index < -0.39 is 14.2 Å². The average molecular weight is 260 g/mol. The van der Waals surface area contributed by atoms with Crippen LogP contribution in [0.5, 0.6) is 0 Å². The zero-order valence-corrected chi connectivity index (χ0v) is 10.1. The van der Waals surface area contributed by atoms with Crippen molar-refractivity contribution in [2.75, 3.05) is 0 Å². The summed E-state index contributed by atoms with van der Waals surface area (Å²) in [5.41, 5.74) is 0.920. The van der Waals surface area contributed by atoms with E-state index in [1.807, 2.05) is 26.0 Å². The molecule has 3 nitrogen and oxygen atoms in total. The first-order valence-corrected chi connectivity index (χ1v) is 6.85. The summed E-state index contributed by atoms with van der Waals surface area (Å²) in [4.78, 5) is 0. The topological polar surface area (TPSA) is 49.3 Å². The normalized spacial score (nSPS) is 13.1. The van der Waals surface area contributed by atoms with E-state index in [1.165, 1.54) is 0 Å². The molecule has 0 amide bonds. The van der Waals surface area contributed by atoms with Crippen LogP contribution in [0.1, 0.15) is 19.4 Å². The van der Waals surface area contributed by atoms with Crippen LogP contribution in [-0.2, 0) is 10.4 Å². The number of nitrogens with one attached hydrogen (secondary N) is 1. The molecule has 0 aliphatic rings. The molecule has 1 atom stereocenters. The molecule has 78 valence electrons. The maximum atomic E-state index is 11.0. The van der Waals surface area contributed by atoms with Gasteiger partial charge in [0.05, 0.1) is 0 Å². The summed E-state index contributed by atoms with van der Waals surface area (Å²) in [5, 5.41) is 3.23. The molecule has 0 fully saturated rings. The number of benzene rings is 1. The van der Waals surface area contributed by atoms with Gasteiger partial charge in [0.15, 0.2) is 0 Å². The van der Waals surface area contributed by atoms with Crippen molar-refractivity contribution in [3.63, 3.8) is 0 Å². The van der Waals surface area contributed by atoms with E-state index in [0.29, 0.717) is 17.0 Å². The van der Waals surface area contributed by atoms with Crippen LogP contribution >= 0.6 is 0 Å². The molecule has 0 saturated heterocycles. The molecule has 2 N–H and O–H groups in total. The van der Waals surface area contributed by atoms with Crippen LogP contribution in [0.3, 0.4) is 0 Å². The van der Waals surface area contributed by atoms with Gasteiger partial charge in [-0.2, -0.15) is 0 Å². The van der Waals surface area contributed by atoms with Crippen molar-refractivity contribution in [1.29, 1.82) is 0 Å². The van der Waals surface area contributed by atoms with Gasteiger partial charge in [-0.3, -0.25) is 0 Å². The summed E-state index contributed by atoms with van der Waals surface area (Å²) in [6.45, 7) is 4.75. The van der Waals surface area contributed by atoms with Crippen molar-refractivity contribution in [3.05, 3.63) is 29.8 Å². The molecule has 14 heavy (non-hydrogen) atoms. The molecule has 0 saturated carbocycles. The van der Waals surface area contributed by atoms with Crippen LogP contribution in [0.25, 0.3) is 0 Å². The Hall–Kier alpha value is -0.541. The third kappa shape index (κ3) is 3.31. The monoisotopic (exact) mass is 261 g/mol. The molecule has 0 spiro atoms. The van der Waals surface area contributed by atoms with Crippen molar-refractivity contribution < 1.29 is 8.02 Å². The second-order valence-corrected chi connectivity index (χ2v) is 5.36. The predicted octanol–water partition coefficient (Wildman–Crippen LogP) is 0.303. The summed E-state index contributed by atoms with van der Waals surface area (Å²) in [7, 11) is 0. The third-order valence-electron chi connectivity index (χ3n) is 1.86. The summed E-state index contributed by atoms with van der Waals surface area (Å²) in [6.07, 6.45) is 0. The van der Waals surface area contributed by atoms with E-state index in [2.05, 4.69) is 5.32 Å². The van der Waals surface area contributed by atoms with Crippen molar-refractivity contribution in [3.8, 4) is 0 Å². The van der Waals surface area contributed by atoms with Gasteiger partial charge >= 0.3 is 88.2 Å². The summed E-state index contributed by atoms with van der Waals surface area (Å²) in [6, 6.07) is 7.66. The standard InChI is InChI=1S/C10H15NO2Se/c1-8(2)11-7-9-5-3-4-6-10(9)14(12)13/h3-6,8,11H,7H2,1-2H3,(H,12,13). The molecule has 0 radical (unpaired) electrons. The summed E-state index contributed by atoms with van der Waals surface area (Å²) in [5.74, 6) is 0. The fraction of sp³-hybridized carbons (Fsp3) is 0.400. The molecular weight excluding hydrogens is 245 g/mol. The Labute approximate surface area is 88.6 Å².